The van der Waals surface area contributed by atoms with E-state index in [2.05, 4.69) is 29.5 Å². The zero-order chi connectivity index (χ0) is 37.7. The Bertz CT molecular complexity index is 1940. The molecule has 1 aliphatic heterocycles. The van der Waals surface area contributed by atoms with Crippen LogP contribution in [0, 0.1) is 24.5 Å². The Labute approximate surface area is 307 Å². The average molecular weight is 740 g/mol. The summed E-state index contributed by atoms with van der Waals surface area (Å²) in [6.07, 6.45) is 4.40. The van der Waals surface area contributed by atoms with E-state index in [1.165, 1.54) is 47.1 Å². The van der Waals surface area contributed by atoms with Crippen molar-refractivity contribution in [1.29, 1.82) is 0 Å². The first-order valence-electron chi connectivity index (χ1n) is 17.4. The number of aromatic nitrogens is 4. The summed E-state index contributed by atoms with van der Waals surface area (Å²) < 4.78 is 39.1. The van der Waals surface area contributed by atoms with E-state index in [4.69, 9.17) is 16.3 Å². The van der Waals surface area contributed by atoms with Crippen LogP contribution in [-0.4, -0.2) is 107 Å². The van der Waals surface area contributed by atoms with E-state index < -0.39 is 17.5 Å². The van der Waals surface area contributed by atoms with Crippen LogP contribution in [0.15, 0.2) is 42.7 Å². The number of piperazine rings is 1. The molecule has 2 aromatic carbocycles. The third-order valence-corrected chi connectivity index (χ3v) is 9.93. The molecule has 1 atom stereocenters. The number of rotatable bonds is 13. The minimum absolute atomic E-state index is 0.0270. The van der Waals surface area contributed by atoms with Gasteiger partial charge in [0.25, 0.3) is 11.8 Å². The Morgan fingerprint density at radius 2 is 1.67 bits per heavy atom. The van der Waals surface area contributed by atoms with Crippen LogP contribution < -0.4 is 10.2 Å². The molecule has 15 heteroatoms. The minimum Gasteiger partial charge on any atom is -0.383 e. The van der Waals surface area contributed by atoms with Gasteiger partial charge in [-0.25, -0.2) is 13.8 Å². The number of benzene rings is 2. The SMILES string of the molecule is CCC(CC[NH+](C)C)C(=O)N1CCN(C(=O)c2ccc(NC(=O)c3ncc(-c4ccc(-c5cnn(CCOC)c5C)c(F)c4F)n3C)cc2Cl)CC1. The molecule has 1 saturated heterocycles. The van der Waals surface area contributed by atoms with Gasteiger partial charge in [-0.15, -0.1) is 0 Å². The van der Waals surface area contributed by atoms with Gasteiger partial charge in [0, 0.05) is 80.7 Å². The van der Waals surface area contributed by atoms with Gasteiger partial charge in [0.15, 0.2) is 17.5 Å². The molecule has 4 aromatic rings. The highest BCUT2D eigenvalue weighted by molar-refractivity contribution is 6.34. The van der Waals surface area contributed by atoms with Crippen LogP contribution in [0.1, 0.15) is 46.4 Å². The number of ether oxygens (including phenoxy) is 1. The van der Waals surface area contributed by atoms with Gasteiger partial charge < -0.3 is 29.3 Å². The molecule has 3 heterocycles. The van der Waals surface area contributed by atoms with Gasteiger partial charge in [0.2, 0.25) is 5.91 Å². The maximum atomic E-state index is 15.5. The Morgan fingerprint density at radius 3 is 2.33 bits per heavy atom. The van der Waals surface area contributed by atoms with Crippen LogP contribution in [0.2, 0.25) is 5.02 Å². The van der Waals surface area contributed by atoms with E-state index in [-0.39, 0.29) is 51.0 Å². The smallest absolute Gasteiger partial charge is 0.291 e. The van der Waals surface area contributed by atoms with Crippen LogP contribution in [0.3, 0.4) is 0 Å². The van der Waals surface area contributed by atoms with Gasteiger partial charge in [0.05, 0.1) is 62.5 Å². The molecule has 1 unspecified atom stereocenters. The van der Waals surface area contributed by atoms with Crippen molar-refractivity contribution >= 4 is 35.0 Å². The fourth-order valence-corrected chi connectivity index (χ4v) is 6.68. The van der Waals surface area contributed by atoms with Crippen molar-refractivity contribution in [3.63, 3.8) is 0 Å². The third kappa shape index (κ3) is 8.19. The molecule has 0 saturated carbocycles. The third-order valence-electron chi connectivity index (χ3n) is 9.62. The zero-order valence-electron chi connectivity index (χ0n) is 30.4. The summed E-state index contributed by atoms with van der Waals surface area (Å²) in [7, 11) is 7.25. The van der Waals surface area contributed by atoms with E-state index in [1.54, 1.807) is 35.7 Å². The Morgan fingerprint density at radius 1 is 1.00 bits per heavy atom. The van der Waals surface area contributed by atoms with Crippen LogP contribution in [0.25, 0.3) is 22.4 Å². The van der Waals surface area contributed by atoms with E-state index in [9.17, 15) is 14.4 Å². The standard InChI is InChI=1S/C37H45ClF2N8O4/c1-7-24(12-13-44(3)4)36(50)46-14-16-47(17-15-46)37(51)27-9-8-25(20-30(27)38)43-35(49)34-41-22-31(45(34)5)28-11-10-26(32(39)33(28)40)29-21-42-48(23(29)2)18-19-52-6/h8-11,20-22,24H,7,12-19H2,1-6H3,(H,43,49)/p+1. The number of hydrogen-bond acceptors (Lipinski definition) is 6. The highest BCUT2D eigenvalue weighted by Gasteiger charge is 2.30. The predicted octanol–water partition coefficient (Wildman–Crippen LogP) is 3.93. The number of hydrogen-bond donors (Lipinski definition) is 2. The van der Waals surface area contributed by atoms with Gasteiger partial charge in [0.1, 0.15) is 0 Å². The van der Waals surface area contributed by atoms with Crippen molar-refractivity contribution in [2.45, 2.75) is 33.2 Å². The van der Waals surface area contributed by atoms with E-state index >= 15 is 8.78 Å². The average Bonchev–Trinajstić information content (AvgIpc) is 3.69. The fourth-order valence-electron chi connectivity index (χ4n) is 6.42. The van der Waals surface area contributed by atoms with Crippen molar-refractivity contribution in [2.75, 3.05) is 65.9 Å². The highest BCUT2D eigenvalue weighted by atomic mass is 35.5. The molecule has 0 aliphatic carbocycles. The molecule has 2 aromatic heterocycles. The molecule has 5 rings (SSSR count). The minimum atomic E-state index is -1.08. The summed E-state index contributed by atoms with van der Waals surface area (Å²) in [6, 6.07) is 7.50. The van der Waals surface area contributed by atoms with Crippen LogP contribution in [0.4, 0.5) is 14.5 Å². The molecule has 1 fully saturated rings. The summed E-state index contributed by atoms with van der Waals surface area (Å²) in [4.78, 5) is 48.7. The number of nitrogens with one attached hydrogen (secondary N) is 2. The molecule has 1 aliphatic rings. The first-order chi connectivity index (χ1) is 24.9. The summed E-state index contributed by atoms with van der Waals surface area (Å²) >= 11 is 6.54. The number of quaternary nitrogens is 1. The second kappa shape index (κ2) is 16.8. The van der Waals surface area contributed by atoms with Gasteiger partial charge >= 0.3 is 0 Å². The number of imidazole rings is 1. The second-order valence-electron chi connectivity index (χ2n) is 13.3. The lowest BCUT2D eigenvalue weighted by atomic mass is 10.00. The lowest BCUT2D eigenvalue weighted by Crippen LogP contribution is -3.05. The summed E-state index contributed by atoms with van der Waals surface area (Å²) in [5.41, 5.74) is 1.92. The van der Waals surface area contributed by atoms with Crippen LogP contribution in [-0.2, 0) is 23.1 Å². The van der Waals surface area contributed by atoms with Crippen molar-refractivity contribution in [3.8, 4) is 22.4 Å². The number of nitrogens with zero attached hydrogens (tertiary/aromatic N) is 6. The summed E-state index contributed by atoms with van der Waals surface area (Å²) in [6.45, 7) is 7.31. The Hall–Kier alpha value is -4.66. The van der Waals surface area contributed by atoms with Crippen molar-refractivity contribution < 1.29 is 32.8 Å². The monoisotopic (exact) mass is 739 g/mol. The largest absolute Gasteiger partial charge is 0.383 e. The lowest BCUT2D eigenvalue weighted by molar-refractivity contribution is -0.858. The van der Waals surface area contributed by atoms with Crippen LogP contribution in [0.5, 0.6) is 0 Å². The fraction of sp³-hybridized carbons (Fsp3) is 0.432. The number of amides is 3. The first kappa shape index (κ1) is 38.6. The second-order valence-corrected chi connectivity index (χ2v) is 13.7. The summed E-state index contributed by atoms with van der Waals surface area (Å²) in [5.74, 6) is -2.94. The zero-order valence-corrected chi connectivity index (χ0v) is 31.2. The maximum Gasteiger partial charge on any atom is 0.291 e. The number of halogens is 3. The molecular weight excluding hydrogens is 694 g/mol. The molecule has 52 heavy (non-hydrogen) atoms. The van der Waals surface area contributed by atoms with Gasteiger partial charge in [-0.3, -0.25) is 19.1 Å². The molecule has 0 bridgehead atoms. The Kier molecular flexibility index (Phi) is 12.4. The molecule has 2 N–H and O–H groups in total. The number of carbonyl (C=O) groups excluding carboxylic acids is 3. The lowest BCUT2D eigenvalue weighted by Gasteiger charge is -2.36. The van der Waals surface area contributed by atoms with Crippen molar-refractivity contribution in [1.82, 2.24) is 29.1 Å². The van der Waals surface area contributed by atoms with Crippen molar-refractivity contribution in [3.05, 3.63) is 76.5 Å². The highest BCUT2D eigenvalue weighted by Crippen LogP contribution is 2.33. The normalized spacial score (nSPS) is 13.9. The van der Waals surface area contributed by atoms with E-state index in [1.807, 2.05) is 11.8 Å². The van der Waals surface area contributed by atoms with Gasteiger partial charge in [-0.1, -0.05) is 24.6 Å². The molecule has 12 nitrogen and oxygen atoms in total. The molecule has 278 valence electrons. The summed E-state index contributed by atoms with van der Waals surface area (Å²) in [5, 5.41) is 7.13. The first-order valence-corrected chi connectivity index (χ1v) is 17.7. The van der Waals surface area contributed by atoms with Crippen molar-refractivity contribution in [2.24, 2.45) is 13.0 Å². The van der Waals surface area contributed by atoms with E-state index in [0.717, 1.165) is 19.4 Å². The van der Waals surface area contributed by atoms with Crippen LogP contribution >= 0.6 is 11.6 Å². The molecule has 3 amide bonds. The molecular formula is C37H46ClF2N8O4+. The number of methoxy groups -OCH3 is 1. The van der Waals surface area contributed by atoms with E-state index in [0.29, 0.717) is 56.3 Å². The number of carbonyl (C=O) groups is 3. The van der Waals surface area contributed by atoms with Gasteiger partial charge in [-0.05, 0) is 37.6 Å². The van der Waals surface area contributed by atoms with Gasteiger partial charge in [-0.2, -0.15) is 5.10 Å². The Balaban J connectivity index is 1.23. The maximum absolute atomic E-state index is 15.5. The molecule has 0 spiro atoms. The molecule has 0 radical (unpaired) electrons. The number of anilines is 1. The quantitative estimate of drug-likeness (QED) is 0.215. The topological polar surface area (TPSA) is 119 Å². The predicted molar refractivity (Wildman–Crippen MR) is 194 cm³/mol.